The van der Waals surface area contributed by atoms with Gasteiger partial charge >= 0.3 is 0 Å². The van der Waals surface area contributed by atoms with E-state index in [1.54, 1.807) is 0 Å². The Bertz CT molecular complexity index is 1070. The zero-order valence-corrected chi connectivity index (χ0v) is 16.0. The quantitative estimate of drug-likeness (QED) is 0.756. The molecular weight excluding hydrogens is 362 g/mol. The van der Waals surface area contributed by atoms with Crippen molar-refractivity contribution in [2.75, 3.05) is 5.32 Å². The van der Waals surface area contributed by atoms with Gasteiger partial charge in [0.1, 0.15) is 0 Å². The van der Waals surface area contributed by atoms with Gasteiger partial charge in [0.25, 0.3) is 0 Å². The molecule has 4 heteroatoms. The number of hydrogen-bond donors (Lipinski definition) is 1. The minimum absolute atomic E-state index is 0.276. The number of carboxylic acid groups (broad SMARTS) is 1. The molecule has 0 unspecified atom stereocenters. The average Bonchev–Trinajstić information content (AvgIpc) is 2.74. The lowest BCUT2D eigenvalue weighted by Gasteiger charge is -2.50. The zero-order valence-electron chi connectivity index (χ0n) is 16.0. The number of aliphatic carboxylic acids is 1. The van der Waals surface area contributed by atoms with E-state index >= 15 is 0 Å². The largest absolute Gasteiger partial charge is 0.550 e. The summed E-state index contributed by atoms with van der Waals surface area (Å²) in [6, 6.07) is 23.3. The third-order valence-electron chi connectivity index (χ3n) is 6.33. The van der Waals surface area contributed by atoms with E-state index in [0.29, 0.717) is 5.69 Å². The number of hydrogen-bond acceptors (Lipinski definition) is 3. The van der Waals surface area contributed by atoms with Crippen LogP contribution in [0.25, 0.3) is 0 Å². The van der Waals surface area contributed by atoms with Crippen molar-refractivity contribution in [3.63, 3.8) is 0 Å². The molecular formula is C25H20NO3-. The number of benzene rings is 3. The Morgan fingerprint density at radius 1 is 0.724 bits per heavy atom. The number of carboxylic acids is 1. The van der Waals surface area contributed by atoms with Gasteiger partial charge in [0.05, 0.1) is 5.92 Å². The van der Waals surface area contributed by atoms with Gasteiger partial charge in [-0.2, -0.15) is 0 Å². The van der Waals surface area contributed by atoms with Gasteiger partial charge in [-0.3, -0.25) is 4.79 Å². The standard InChI is InChI=1S/C25H21NO3/c1-14-10-12-15(13-11-14)26-24(27)22-20-16-6-2-4-8-18(16)21(23(22)25(28)29)19-9-5-3-7-17(19)20/h2-13,20-23H,1H3,(H,26,27)(H,28,29)/p-1/t20?,21?,22-,23+/m1/s1. The molecule has 3 aromatic carbocycles. The molecule has 0 aromatic heterocycles. The highest BCUT2D eigenvalue weighted by Gasteiger charge is 2.52. The lowest BCUT2D eigenvalue weighted by molar-refractivity contribution is -0.314. The number of fused-ring (bicyclic) bond motifs is 1. The lowest BCUT2D eigenvalue weighted by Crippen LogP contribution is -2.52. The lowest BCUT2D eigenvalue weighted by atomic mass is 9.54. The fourth-order valence-electron chi connectivity index (χ4n) is 5.14. The van der Waals surface area contributed by atoms with E-state index in [1.807, 2.05) is 79.7 Å². The predicted octanol–water partition coefficient (Wildman–Crippen LogP) is 3.21. The molecule has 0 aliphatic heterocycles. The van der Waals surface area contributed by atoms with Crippen LogP contribution in [0.5, 0.6) is 0 Å². The van der Waals surface area contributed by atoms with E-state index in [2.05, 4.69) is 5.32 Å². The SMILES string of the molecule is Cc1ccc(NC(=O)[C@@H]2C3c4ccccc4C(c4ccccc43)[C@@H]2C(=O)[O-])cc1. The second-order valence-corrected chi connectivity index (χ2v) is 7.94. The Labute approximate surface area is 169 Å². The number of nitrogens with one attached hydrogen (secondary N) is 1. The van der Waals surface area contributed by atoms with Crippen LogP contribution in [0, 0.1) is 18.8 Å². The summed E-state index contributed by atoms with van der Waals surface area (Å²) < 4.78 is 0. The van der Waals surface area contributed by atoms with Crippen LogP contribution in [0.2, 0.25) is 0 Å². The van der Waals surface area contributed by atoms with Gasteiger partial charge in [-0.25, -0.2) is 0 Å². The van der Waals surface area contributed by atoms with Gasteiger partial charge in [0.15, 0.2) is 0 Å². The van der Waals surface area contributed by atoms with E-state index in [4.69, 9.17) is 0 Å². The van der Waals surface area contributed by atoms with Gasteiger partial charge in [0, 0.05) is 29.4 Å². The number of rotatable bonds is 3. The summed E-state index contributed by atoms with van der Waals surface area (Å²) in [6.07, 6.45) is 0. The predicted molar refractivity (Wildman–Crippen MR) is 108 cm³/mol. The van der Waals surface area contributed by atoms with E-state index in [1.165, 1.54) is 0 Å². The first-order chi connectivity index (χ1) is 14.1. The number of aryl methyl sites for hydroxylation is 1. The van der Waals surface area contributed by atoms with Gasteiger partial charge in [-0.05, 0) is 41.3 Å². The normalized spacial score (nSPS) is 23.8. The Hall–Kier alpha value is -3.40. The molecule has 0 saturated carbocycles. The molecule has 3 aliphatic rings. The summed E-state index contributed by atoms with van der Waals surface area (Å²) in [4.78, 5) is 25.7. The molecule has 4 nitrogen and oxygen atoms in total. The summed E-state index contributed by atoms with van der Waals surface area (Å²) in [5.41, 5.74) is 5.82. The van der Waals surface area contributed by atoms with E-state index in [9.17, 15) is 14.7 Å². The molecule has 0 spiro atoms. The van der Waals surface area contributed by atoms with Crippen LogP contribution in [-0.2, 0) is 9.59 Å². The second-order valence-electron chi connectivity index (χ2n) is 7.94. The summed E-state index contributed by atoms with van der Waals surface area (Å²) >= 11 is 0. The molecule has 2 atom stereocenters. The Balaban J connectivity index is 1.64. The average molecular weight is 382 g/mol. The molecule has 144 valence electrons. The maximum Gasteiger partial charge on any atom is 0.229 e. The fraction of sp³-hybridized carbons (Fsp3) is 0.200. The third kappa shape index (κ3) is 2.67. The molecule has 0 saturated heterocycles. The monoisotopic (exact) mass is 382 g/mol. The Morgan fingerprint density at radius 2 is 1.17 bits per heavy atom. The third-order valence-corrected chi connectivity index (χ3v) is 6.33. The number of amides is 1. The molecule has 0 radical (unpaired) electrons. The van der Waals surface area contributed by atoms with Crippen molar-refractivity contribution < 1.29 is 14.7 Å². The topological polar surface area (TPSA) is 69.2 Å². The van der Waals surface area contributed by atoms with E-state index in [-0.39, 0.29) is 17.7 Å². The first-order valence-corrected chi connectivity index (χ1v) is 9.82. The van der Waals surface area contributed by atoms with Crippen LogP contribution >= 0.6 is 0 Å². The molecule has 0 heterocycles. The van der Waals surface area contributed by atoms with E-state index in [0.717, 1.165) is 27.8 Å². The molecule has 3 aromatic rings. The Morgan fingerprint density at radius 3 is 1.62 bits per heavy atom. The van der Waals surface area contributed by atoms with Crippen molar-refractivity contribution in [2.45, 2.75) is 18.8 Å². The summed E-state index contributed by atoms with van der Waals surface area (Å²) in [5.74, 6) is -3.77. The zero-order chi connectivity index (χ0) is 20.1. The minimum atomic E-state index is -1.17. The van der Waals surface area contributed by atoms with Gasteiger partial charge in [-0.15, -0.1) is 0 Å². The number of carbonyl (C=O) groups is 2. The highest BCUT2D eigenvalue weighted by atomic mass is 16.4. The maximum atomic E-state index is 13.4. The number of anilines is 1. The van der Waals surface area contributed by atoms with Crippen LogP contribution < -0.4 is 10.4 Å². The number of carbonyl (C=O) groups excluding carboxylic acids is 2. The molecule has 2 bridgehead atoms. The molecule has 1 amide bonds. The molecule has 29 heavy (non-hydrogen) atoms. The van der Waals surface area contributed by atoms with E-state index < -0.39 is 17.8 Å². The van der Waals surface area contributed by atoms with Crippen LogP contribution in [0.15, 0.2) is 72.8 Å². The van der Waals surface area contributed by atoms with Crippen molar-refractivity contribution in [3.05, 3.63) is 101 Å². The first kappa shape index (κ1) is 17.7. The summed E-state index contributed by atoms with van der Waals surface area (Å²) in [5, 5.41) is 15.2. The molecule has 0 fully saturated rings. The smallest absolute Gasteiger partial charge is 0.229 e. The van der Waals surface area contributed by atoms with Crippen molar-refractivity contribution in [1.29, 1.82) is 0 Å². The van der Waals surface area contributed by atoms with Gasteiger partial charge < -0.3 is 15.2 Å². The van der Waals surface area contributed by atoms with Gasteiger partial charge in [0.2, 0.25) is 5.91 Å². The highest BCUT2D eigenvalue weighted by molar-refractivity contribution is 5.97. The molecule has 3 aliphatic carbocycles. The highest BCUT2D eigenvalue weighted by Crippen LogP contribution is 2.58. The fourth-order valence-corrected chi connectivity index (χ4v) is 5.14. The first-order valence-electron chi connectivity index (χ1n) is 9.82. The van der Waals surface area contributed by atoms with Crippen LogP contribution in [0.4, 0.5) is 5.69 Å². The summed E-state index contributed by atoms with van der Waals surface area (Å²) in [6.45, 7) is 1.98. The van der Waals surface area contributed by atoms with Crippen LogP contribution in [-0.4, -0.2) is 11.9 Å². The van der Waals surface area contributed by atoms with Crippen molar-refractivity contribution in [1.82, 2.24) is 0 Å². The minimum Gasteiger partial charge on any atom is -0.550 e. The summed E-state index contributed by atoms with van der Waals surface area (Å²) in [7, 11) is 0. The Kier molecular flexibility index (Phi) is 4.02. The van der Waals surface area contributed by atoms with Crippen molar-refractivity contribution >= 4 is 17.6 Å². The van der Waals surface area contributed by atoms with Crippen molar-refractivity contribution in [3.8, 4) is 0 Å². The second kappa shape index (κ2) is 6.59. The maximum absolute atomic E-state index is 13.4. The molecule has 1 N–H and O–H groups in total. The van der Waals surface area contributed by atoms with Crippen molar-refractivity contribution in [2.24, 2.45) is 11.8 Å². The molecule has 6 rings (SSSR count). The van der Waals surface area contributed by atoms with Gasteiger partial charge in [-0.1, -0.05) is 66.2 Å². The van der Waals surface area contributed by atoms with Crippen LogP contribution in [0.3, 0.4) is 0 Å². The van der Waals surface area contributed by atoms with Crippen LogP contribution in [0.1, 0.15) is 39.7 Å².